The maximum atomic E-state index is 12.5. The number of esters is 3. The Morgan fingerprint density at radius 2 is 0.957 bits per heavy atom. The summed E-state index contributed by atoms with van der Waals surface area (Å²) in [5, 5.41) is 0. The van der Waals surface area contributed by atoms with E-state index in [1.165, 1.54) is 78.1 Å². The summed E-state index contributed by atoms with van der Waals surface area (Å²) in [6.07, 6.45) is 38.6. The molecular formula is C39H67NO6. The van der Waals surface area contributed by atoms with Gasteiger partial charge in [0.15, 0.2) is 0 Å². The molecule has 0 atom stereocenters. The molecule has 0 radical (unpaired) electrons. The smallest absolute Gasteiger partial charge is 0.306 e. The minimum atomic E-state index is -0.245. The molecule has 0 fully saturated rings. The zero-order valence-electron chi connectivity index (χ0n) is 29.9. The average molecular weight is 646 g/mol. The zero-order chi connectivity index (χ0) is 33.9. The van der Waals surface area contributed by atoms with Crippen molar-refractivity contribution in [2.24, 2.45) is 0 Å². The average Bonchev–Trinajstić information content (AvgIpc) is 3.00. The Kier molecular flexibility index (Phi) is 31.7. The second-order valence-electron chi connectivity index (χ2n) is 12.4. The maximum Gasteiger partial charge on any atom is 0.306 e. The first-order valence-corrected chi connectivity index (χ1v) is 18.0. The van der Waals surface area contributed by atoms with Gasteiger partial charge in [-0.25, -0.2) is 0 Å². The number of carbonyl (C=O) groups is 3. The van der Waals surface area contributed by atoms with Gasteiger partial charge >= 0.3 is 17.9 Å². The largest absolute Gasteiger partial charge is 0.462 e. The van der Waals surface area contributed by atoms with Gasteiger partial charge in [-0.05, 0) is 91.3 Å². The van der Waals surface area contributed by atoms with Crippen molar-refractivity contribution in [1.82, 2.24) is 4.90 Å². The first kappa shape index (κ1) is 43.3. The molecule has 0 bridgehead atoms. The molecule has 7 nitrogen and oxygen atoms in total. The summed E-state index contributed by atoms with van der Waals surface area (Å²) in [5.41, 5.74) is 0. The zero-order valence-corrected chi connectivity index (χ0v) is 29.9. The molecule has 7 heteroatoms. The fourth-order valence-electron chi connectivity index (χ4n) is 4.97. The minimum absolute atomic E-state index is 0.0345. The Bertz CT molecular complexity index is 805. The van der Waals surface area contributed by atoms with Crippen molar-refractivity contribution in [3.8, 4) is 0 Å². The number of hydrogen-bond donors (Lipinski definition) is 0. The third kappa shape index (κ3) is 35.8. The lowest BCUT2D eigenvalue weighted by atomic mass is 10.0. The molecule has 0 heterocycles. The molecule has 0 saturated carbocycles. The molecule has 0 amide bonds. The van der Waals surface area contributed by atoms with E-state index < -0.39 is 0 Å². The van der Waals surface area contributed by atoms with Crippen LogP contribution >= 0.6 is 0 Å². The molecule has 0 aromatic rings. The van der Waals surface area contributed by atoms with E-state index in [1.54, 1.807) is 0 Å². The third-order valence-corrected chi connectivity index (χ3v) is 7.55. The number of unbranched alkanes of at least 4 members (excludes halogenated alkanes) is 12. The van der Waals surface area contributed by atoms with Gasteiger partial charge < -0.3 is 19.1 Å². The fraction of sp³-hybridized carbons (Fsp3) is 0.718. The molecular weight excluding hydrogens is 578 g/mol. The van der Waals surface area contributed by atoms with E-state index in [2.05, 4.69) is 29.2 Å². The van der Waals surface area contributed by atoms with Crippen LogP contribution in [0.2, 0.25) is 0 Å². The lowest BCUT2D eigenvalue weighted by molar-refractivity contribution is -0.150. The number of nitrogens with zero attached hydrogens (tertiary/aromatic N) is 1. The molecule has 0 aliphatic rings. The van der Waals surface area contributed by atoms with E-state index >= 15 is 0 Å². The van der Waals surface area contributed by atoms with E-state index in [1.807, 2.05) is 38.4 Å². The number of ether oxygens (including phenoxy) is 3. The van der Waals surface area contributed by atoms with E-state index in [0.717, 1.165) is 64.3 Å². The van der Waals surface area contributed by atoms with Gasteiger partial charge in [0.25, 0.3) is 0 Å². The third-order valence-electron chi connectivity index (χ3n) is 7.55. The van der Waals surface area contributed by atoms with Crippen molar-refractivity contribution in [3.05, 3.63) is 48.6 Å². The summed E-state index contributed by atoms with van der Waals surface area (Å²) in [7, 11) is 4.07. The first-order chi connectivity index (χ1) is 22.3. The monoisotopic (exact) mass is 645 g/mol. The Hall–Kier alpha value is -2.67. The second-order valence-corrected chi connectivity index (χ2v) is 12.4. The van der Waals surface area contributed by atoms with Gasteiger partial charge in [-0.3, -0.25) is 14.4 Å². The number of hydrogen-bond acceptors (Lipinski definition) is 7. The lowest BCUT2D eigenvalue weighted by Gasteiger charge is -2.18. The molecule has 0 aliphatic carbocycles. The van der Waals surface area contributed by atoms with Crippen LogP contribution in [0, 0.1) is 0 Å². The summed E-state index contributed by atoms with van der Waals surface area (Å²) < 4.78 is 15.7. The molecule has 0 N–H and O–H groups in total. The summed E-state index contributed by atoms with van der Waals surface area (Å²) in [6, 6.07) is 0. The highest BCUT2D eigenvalue weighted by atomic mass is 16.5. The molecule has 0 aliphatic heterocycles. The van der Waals surface area contributed by atoms with Crippen molar-refractivity contribution in [3.63, 3.8) is 0 Å². The SMILES string of the molecule is CC(=O)OC/C=C\C/C=C\CCCCCCCCC(CCCCCCCC/C=C\C/C=C\COC(C)=O)OC(=O)CCCN(C)C. The van der Waals surface area contributed by atoms with Crippen molar-refractivity contribution in [2.75, 3.05) is 33.9 Å². The first-order valence-electron chi connectivity index (χ1n) is 18.0. The van der Waals surface area contributed by atoms with Gasteiger partial charge in [0.1, 0.15) is 19.3 Å². The Balaban J connectivity index is 4.05. The number of carbonyl (C=O) groups excluding carboxylic acids is 3. The van der Waals surface area contributed by atoms with Gasteiger partial charge in [0, 0.05) is 20.3 Å². The Morgan fingerprint density at radius 3 is 1.39 bits per heavy atom. The summed E-state index contributed by atoms with van der Waals surface area (Å²) in [6.45, 7) is 4.46. The molecule has 0 unspecified atom stereocenters. The number of allylic oxidation sites excluding steroid dienone is 6. The van der Waals surface area contributed by atoms with Crippen LogP contribution in [0.25, 0.3) is 0 Å². The van der Waals surface area contributed by atoms with Crippen LogP contribution in [0.4, 0.5) is 0 Å². The maximum absolute atomic E-state index is 12.5. The highest BCUT2D eigenvalue weighted by Crippen LogP contribution is 2.18. The van der Waals surface area contributed by atoms with Gasteiger partial charge in [0.05, 0.1) is 0 Å². The Labute approximate surface area is 281 Å². The van der Waals surface area contributed by atoms with Crippen molar-refractivity contribution >= 4 is 17.9 Å². The van der Waals surface area contributed by atoms with E-state index in [9.17, 15) is 14.4 Å². The Morgan fingerprint density at radius 1 is 0.543 bits per heavy atom. The summed E-state index contributed by atoms with van der Waals surface area (Å²) >= 11 is 0. The predicted octanol–water partition coefficient (Wildman–Crippen LogP) is 9.61. The quantitative estimate of drug-likeness (QED) is 0.0321. The van der Waals surface area contributed by atoms with E-state index in [4.69, 9.17) is 14.2 Å². The highest BCUT2D eigenvalue weighted by Gasteiger charge is 2.14. The van der Waals surface area contributed by atoms with Crippen molar-refractivity contribution < 1.29 is 28.6 Å². The molecule has 0 aromatic heterocycles. The lowest BCUT2D eigenvalue weighted by Crippen LogP contribution is -2.20. The van der Waals surface area contributed by atoms with Crippen LogP contribution in [-0.4, -0.2) is 62.8 Å². The molecule has 264 valence electrons. The molecule has 0 rings (SSSR count). The second kappa shape index (κ2) is 33.7. The predicted molar refractivity (Wildman–Crippen MR) is 191 cm³/mol. The topological polar surface area (TPSA) is 82.1 Å². The van der Waals surface area contributed by atoms with Gasteiger partial charge in [-0.2, -0.15) is 0 Å². The standard InChI is InChI=1S/C39H67NO6/c1-36(41)44-34-27-23-19-15-11-7-5-9-13-17-21-25-30-38(46-39(43)32-29-33-40(3)4)31-26-22-18-14-10-6-8-12-16-20-24-28-35-45-37(2)42/h11-12,15-16,23-24,27-28,38H,5-10,13-14,17-22,25-26,29-35H2,1-4H3/b15-11-,16-12-,27-23-,28-24-. The summed E-state index contributed by atoms with van der Waals surface area (Å²) in [4.78, 5) is 36.0. The molecule has 0 spiro atoms. The normalized spacial score (nSPS) is 12.0. The van der Waals surface area contributed by atoms with Crippen LogP contribution in [0.15, 0.2) is 48.6 Å². The minimum Gasteiger partial charge on any atom is -0.462 e. The van der Waals surface area contributed by atoms with Crippen molar-refractivity contribution in [2.45, 2.75) is 148 Å². The van der Waals surface area contributed by atoms with Crippen LogP contribution in [0.1, 0.15) is 142 Å². The molecule has 46 heavy (non-hydrogen) atoms. The highest BCUT2D eigenvalue weighted by molar-refractivity contribution is 5.69. The van der Waals surface area contributed by atoms with E-state index in [-0.39, 0.29) is 24.0 Å². The molecule has 0 aromatic carbocycles. The van der Waals surface area contributed by atoms with Crippen molar-refractivity contribution in [1.29, 1.82) is 0 Å². The van der Waals surface area contributed by atoms with Gasteiger partial charge in [-0.15, -0.1) is 0 Å². The van der Waals surface area contributed by atoms with Crippen LogP contribution in [-0.2, 0) is 28.6 Å². The van der Waals surface area contributed by atoms with E-state index in [0.29, 0.717) is 19.6 Å². The van der Waals surface area contributed by atoms with Crippen LogP contribution in [0.3, 0.4) is 0 Å². The fourth-order valence-corrected chi connectivity index (χ4v) is 4.97. The van der Waals surface area contributed by atoms with Crippen LogP contribution in [0.5, 0.6) is 0 Å². The summed E-state index contributed by atoms with van der Waals surface area (Å²) in [5.74, 6) is -0.525. The van der Waals surface area contributed by atoms with Gasteiger partial charge in [-0.1, -0.05) is 100.0 Å². The molecule has 0 saturated heterocycles. The number of rotatable bonds is 31. The van der Waals surface area contributed by atoms with Crippen LogP contribution < -0.4 is 0 Å². The van der Waals surface area contributed by atoms with Gasteiger partial charge in [0.2, 0.25) is 0 Å².